The SMILES string of the molecule is CC1(C)c2ccccc2-c2c(-c3ccccc3N(c3ccc4sc5ccccc5c4c3)c3ccccc3-c3cccc4c3oc3ccccc34)cccc21. The molecule has 11 rings (SSSR count). The summed E-state index contributed by atoms with van der Waals surface area (Å²) in [7, 11) is 0. The Labute approximate surface area is 318 Å². The Morgan fingerprint density at radius 3 is 1.85 bits per heavy atom. The second-order valence-electron chi connectivity index (χ2n) is 14.8. The van der Waals surface area contributed by atoms with Crippen molar-refractivity contribution in [1.82, 2.24) is 0 Å². The molecule has 3 heteroatoms. The van der Waals surface area contributed by atoms with Crippen LogP contribution < -0.4 is 4.90 Å². The van der Waals surface area contributed by atoms with Crippen molar-refractivity contribution in [2.45, 2.75) is 19.3 Å². The minimum absolute atomic E-state index is 0.0977. The lowest BCUT2D eigenvalue weighted by Crippen LogP contribution is -2.15. The van der Waals surface area contributed by atoms with E-state index in [0.717, 1.165) is 50.1 Å². The van der Waals surface area contributed by atoms with Crippen molar-refractivity contribution in [3.63, 3.8) is 0 Å². The maximum atomic E-state index is 6.66. The molecular formula is C51H35NOS. The fourth-order valence-electron chi connectivity index (χ4n) is 8.99. The van der Waals surface area contributed by atoms with E-state index in [1.54, 1.807) is 0 Å². The van der Waals surface area contributed by atoms with Gasteiger partial charge in [0, 0.05) is 58.7 Å². The first-order chi connectivity index (χ1) is 26.6. The van der Waals surface area contributed by atoms with Crippen molar-refractivity contribution in [3.05, 3.63) is 187 Å². The number of para-hydroxylation sites is 4. The Kier molecular flexibility index (Phi) is 6.80. The number of anilines is 3. The van der Waals surface area contributed by atoms with Gasteiger partial charge in [-0.05, 0) is 70.3 Å². The molecule has 0 N–H and O–H groups in total. The number of hydrogen-bond donors (Lipinski definition) is 0. The molecule has 0 spiro atoms. The molecule has 256 valence electrons. The summed E-state index contributed by atoms with van der Waals surface area (Å²) in [5.41, 5.74) is 15.0. The molecule has 0 saturated heterocycles. The summed E-state index contributed by atoms with van der Waals surface area (Å²) in [6, 6.07) is 64.2. The van der Waals surface area contributed by atoms with Gasteiger partial charge in [-0.1, -0.05) is 147 Å². The van der Waals surface area contributed by atoms with Crippen molar-refractivity contribution < 1.29 is 4.42 Å². The van der Waals surface area contributed by atoms with Gasteiger partial charge in [0.1, 0.15) is 11.2 Å². The Balaban J connectivity index is 1.21. The number of rotatable bonds is 5. The first kappa shape index (κ1) is 31.1. The maximum absolute atomic E-state index is 6.66. The van der Waals surface area contributed by atoms with Crippen LogP contribution in [0.3, 0.4) is 0 Å². The molecule has 2 heterocycles. The monoisotopic (exact) mass is 709 g/mol. The molecule has 0 bridgehead atoms. The fourth-order valence-corrected chi connectivity index (χ4v) is 10.1. The minimum Gasteiger partial charge on any atom is -0.455 e. The van der Waals surface area contributed by atoms with Crippen LogP contribution in [-0.4, -0.2) is 0 Å². The van der Waals surface area contributed by atoms with Gasteiger partial charge in [0.2, 0.25) is 0 Å². The molecule has 0 amide bonds. The quantitative estimate of drug-likeness (QED) is 0.177. The third-order valence-electron chi connectivity index (χ3n) is 11.5. The predicted molar refractivity (Wildman–Crippen MR) is 230 cm³/mol. The summed E-state index contributed by atoms with van der Waals surface area (Å²) in [5.74, 6) is 0. The van der Waals surface area contributed by atoms with E-state index < -0.39 is 0 Å². The molecule has 8 aromatic carbocycles. The van der Waals surface area contributed by atoms with Gasteiger partial charge in [-0.25, -0.2) is 0 Å². The van der Waals surface area contributed by atoms with Crippen molar-refractivity contribution in [2.24, 2.45) is 0 Å². The van der Waals surface area contributed by atoms with Gasteiger partial charge >= 0.3 is 0 Å². The van der Waals surface area contributed by atoms with Gasteiger partial charge in [0.15, 0.2) is 0 Å². The molecule has 54 heavy (non-hydrogen) atoms. The Morgan fingerprint density at radius 2 is 1.02 bits per heavy atom. The number of nitrogens with zero attached hydrogens (tertiary/aromatic N) is 1. The van der Waals surface area contributed by atoms with E-state index in [1.165, 1.54) is 53.6 Å². The number of thiophene rings is 1. The molecule has 0 unspecified atom stereocenters. The Bertz CT molecular complexity index is 3110. The average Bonchev–Trinajstić information content (AvgIpc) is 3.86. The average molecular weight is 710 g/mol. The molecule has 0 fully saturated rings. The van der Waals surface area contributed by atoms with Crippen molar-refractivity contribution in [2.75, 3.05) is 4.90 Å². The molecule has 0 atom stereocenters. The molecule has 2 nitrogen and oxygen atoms in total. The molecule has 0 saturated carbocycles. The minimum atomic E-state index is -0.0977. The first-order valence-electron chi connectivity index (χ1n) is 18.6. The fraction of sp³-hybridized carbons (Fsp3) is 0.0588. The van der Waals surface area contributed by atoms with Crippen molar-refractivity contribution in [3.8, 4) is 33.4 Å². The van der Waals surface area contributed by atoms with E-state index in [0.29, 0.717) is 0 Å². The van der Waals surface area contributed by atoms with Gasteiger partial charge < -0.3 is 9.32 Å². The van der Waals surface area contributed by atoms with Crippen LogP contribution in [0.5, 0.6) is 0 Å². The maximum Gasteiger partial charge on any atom is 0.143 e. The highest BCUT2D eigenvalue weighted by Gasteiger charge is 2.37. The summed E-state index contributed by atoms with van der Waals surface area (Å²) < 4.78 is 9.24. The van der Waals surface area contributed by atoms with Crippen LogP contribution in [0.25, 0.3) is 75.5 Å². The normalized spacial score (nSPS) is 13.1. The van der Waals surface area contributed by atoms with Gasteiger partial charge in [0.05, 0.1) is 11.4 Å². The lowest BCUT2D eigenvalue weighted by molar-refractivity contribution is 0.660. The molecule has 10 aromatic rings. The van der Waals surface area contributed by atoms with E-state index in [9.17, 15) is 0 Å². The highest BCUT2D eigenvalue weighted by molar-refractivity contribution is 7.25. The third-order valence-corrected chi connectivity index (χ3v) is 12.7. The summed E-state index contributed by atoms with van der Waals surface area (Å²) in [6.45, 7) is 4.71. The summed E-state index contributed by atoms with van der Waals surface area (Å²) >= 11 is 1.85. The zero-order valence-electron chi connectivity index (χ0n) is 30.0. The van der Waals surface area contributed by atoms with Crippen LogP contribution in [0.1, 0.15) is 25.0 Å². The largest absolute Gasteiger partial charge is 0.455 e. The van der Waals surface area contributed by atoms with Crippen LogP contribution >= 0.6 is 11.3 Å². The van der Waals surface area contributed by atoms with Gasteiger partial charge in [-0.3, -0.25) is 0 Å². The highest BCUT2D eigenvalue weighted by Crippen LogP contribution is 2.54. The number of benzene rings is 8. The predicted octanol–water partition coefficient (Wildman–Crippen LogP) is 15.1. The van der Waals surface area contributed by atoms with Crippen LogP contribution in [0, 0.1) is 0 Å². The standard InChI is InChI=1S/C51H35NOS/c1-51(2)42-23-8-3-19-40(42)49-37(20-14-24-43(49)51)33-15-4-9-25-44(33)52(32-29-30-48-41(31-32)36-18-7-12-28-47(36)54-48)45-26-10-5-16-34(45)38-21-13-22-39-35-17-6-11-27-46(35)53-50(38)39/h3-31H,1-2H3. The van der Waals surface area contributed by atoms with Crippen molar-refractivity contribution >= 4 is 70.5 Å². The zero-order valence-corrected chi connectivity index (χ0v) is 30.8. The van der Waals surface area contributed by atoms with Crippen LogP contribution in [0.15, 0.2) is 180 Å². The van der Waals surface area contributed by atoms with Crippen LogP contribution in [0.4, 0.5) is 17.1 Å². The molecule has 1 aliphatic rings. The van der Waals surface area contributed by atoms with Gasteiger partial charge in [-0.15, -0.1) is 11.3 Å². The van der Waals surface area contributed by atoms with Crippen LogP contribution in [-0.2, 0) is 5.41 Å². The smallest absolute Gasteiger partial charge is 0.143 e. The Hall–Kier alpha value is -6.42. The second-order valence-corrected chi connectivity index (χ2v) is 15.9. The third kappa shape index (κ3) is 4.52. The van der Waals surface area contributed by atoms with E-state index in [2.05, 4.69) is 189 Å². The Morgan fingerprint density at radius 1 is 0.444 bits per heavy atom. The molecule has 2 aromatic heterocycles. The van der Waals surface area contributed by atoms with E-state index in [4.69, 9.17) is 4.42 Å². The lowest BCUT2D eigenvalue weighted by atomic mass is 9.82. The first-order valence-corrected chi connectivity index (χ1v) is 19.4. The lowest BCUT2D eigenvalue weighted by Gasteiger charge is -2.30. The summed E-state index contributed by atoms with van der Waals surface area (Å²) in [6.07, 6.45) is 0. The zero-order chi connectivity index (χ0) is 36.0. The van der Waals surface area contributed by atoms with Crippen molar-refractivity contribution in [1.29, 1.82) is 0 Å². The van der Waals surface area contributed by atoms with Gasteiger partial charge in [0.25, 0.3) is 0 Å². The van der Waals surface area contributed by atoms with Gasteiger partial charge in [-0.2, -0.15) is 0 Å². The van der Waals surface area contributed by atoms with E-state index in [1.807, 2.05) is 17.4 Å². The summed E-state index contributed by atoms with van der Waals surface area (Å²) in [4.78, 5) is 2.48. The van der Waals surface area contributed by atoms with E-state index in [-0.39, 0.29) is 5.41 Å². The number of furan rings is 1. The molecule has 0 radical (unpaired) electrons. The second kappa shape index (κ2) is 11.8. The molecular weight excluding hydrogens is 675 g/mol. The summed E-state index contributed by atoms with van der Waals surface area (Å²) in [5, 5.41) is 4.80. The van der Waals surface area contributed by atoms with E-state index >= 15 is 0 Å². The van der Waals surface area contributed by atoms with Crippen LogP contribution in [0.2, 0.25) is 0 Å². The number of fused-ring (bicyclic) bond motifs is 9. The number of hydrogen-bond acceptors (Lipinski definition) is 3. The molecule has 1 aliphatic carbocycles. The topological polar surface area (TPSA) is 16.4 Å². The molecule has 0 aliphatic heterocycles. The highest BCUT2D eigenvalue weighted by atomic mass is 32.1.